The Hall–Kier alpha value is -1.48. The molecule has 0 aliphatic carbocycles. The van der Waals surface area contributed by atoms with Crippen molar-refractivity contribution in [1.82, 2.24) is 9.88 Å². The number of pyridine rings is 1. The predicted molar refractivity (Wildman–Crippen MR) is 56.3 cm³/mol. The van der Waals surface area contributed by atoms with E-state index < -0.39 is 0 Å². The minimum Gasteiger partial charge on any atom is -0.306 e. The van der Waals surface area contributed by atoms with Crippen LogP contribution in [-0.4, -0.2) is 36.3 Å². The Kier molecular flexibility index (Phi) is 4.01. The topological polar surface area (TPSA) is 33.2 Å². The van der Waals surface area contributed by atoms with E-state index in [1.165, 1.54) is 0 Å². The number of carbonyl (C=O) groups is 1. The maximum atomic E-state index is 11.5. The molecule has 3 heteroatoms. The Morgan fingerprint density at radius 1 is 1.57 bits per heavy atom. The summed E-state index contributed by atoms with van der Waals surface area (Å²) in [5, 5.41) is 0. The SMILES string of the molecule is CN(C)C/C=C/C(=O)c1cccnc1. The van der Waals surface area contributed by atoms with Gasteiger partial charge in [-0.2, -0.15) is 0 Å². The Morgan fingerprint density at radius 2 is 2.36 bits per heavy atom. The van der Waals surface area contributed by atoms with E-state index in [1.54, 1.807) is 30.6 Å². The first-order valence-corrected chi connectivity index (χ1v) is 4.46. The van der Waals surface area contributed by atoms with Crippen LogP contribution in [0.1, 0.15) is 10.4 Å². The molecule has 0 atom stereocenters. The van der Waals surface area contributed by atoms with Crippen molar-refractivity contribution in [3.8, 4) is 0 Å². The van der Waals surface area contributed by atoms with Crippen molar-refractivity contribution >= 4 is 5.78 Å². The molecule has 0 aliphatic rings. The van der Waals surface area contributed by atoms with Gasteiger partial charge in [-0.15, -0.1) is 0 Å². The summed E-state index contributed by atoms with van der Waals surface area (Å²) in [6, 6.07) is 3.52. The van der Waals surface area contributed by atoms with Gasteiger partial charge in [0.05, 0.1) is 0 Å². The molecule has 0 bridgehead atoms. The second-order valence-corrected chi connectivity index (χ2v) is 3.27. The predicted octanol–water partition coefficient (Wildman–Crippen LogP) is 1.38. The lowest BCUT2D eigenvalue weighted by molar-refractivity contribution is 0.104. The molecule has 0 radical (unpaired) electrons. The molecule has 1 rings (SSSR count). The van der Waals surface area contributed by atoms with Gasteiger partial charge in [0, 0.05) is 24.5 Å². The van der Waals surface area contributed by atoms with Crippen LogP contribution in [0.25, 0.3) is 0 Å². The van der Waals surface area contributed by atoms with Gasteiger partial charge in [0.25, 0.3) is 0 Å². The molecule has 0 aromatic carbocycles. The molecular formula is C11H14N2O. The average molecular weight is 190 g/mol. The molecule has 74 valence electrons. The van der Waals surface area contributed by atoms with Crippen LogP contribution < -0.4 is 0 Å². The molecule has 0 amide bonds. The highest BCUT2D eigenvalue weighted by atomic mass is 16.1. The van der Waals surface area contributed by atoms with Crippen molar-refractivity contribution in [2.24, 2.45) is 0 Å². The summed E-state index contributed by atoms with van der Waals surface area (Å²) in [5.74, 6) is -0.0000463. The summed E-state index contributed by atoms with van der Waals surface area (Å²) >= 11 is 0. The number of rotatable bonds is 4. The fourth-order valence-corrected chi connectivity index (χ4v) is 0.975. The van der Waals surface area contributed by atoms with Gasteiger partial charge in [0.1, 0.15) is 0 Å². The summed E-state index contributed by atoms with van der Waals surface area (Å²) in [7, 11) is 3.91. The van der Waals surface area contributed by atoms with Gasteiger partial charge in [0.2, 0.25) is 0 Å². The lowest BCUT2D eigenvalue weighted by atomic mass is 10.2. The van der Waals surface area contributed by atoms with Gasteiger partial charge in [-0.25, -0.2) is 0 Å². The van der Waals surface area contributed by atoms with E-state index in [2.05, 4.69) is 4.98 Å². The molecule has 1 heterocycles. The van der Waals surface area contributed by atoms with Crippen LogP contribution in [0.2, 0.25) is 0 Å². The minimum atomic E-state index is -0.0000463. The summed E-state index contributed by atoms with van der Waals surface area (Å²) in [6.07, 6.45) is 6.65. The zero-order valence-electron chi connectivity index (χ0n) is 8.47. The molecular weight excluding hydrogens is 176 g/mol. The highest BCUT2D eigenvalue weighted by Gasteiger charge is 1.99. The molecule has 3 nitrogen and oxygen atoms in total. The highest BCUT2D eigenvalue weighted by molar-refractivity contribution is 6.04. The van der Waals surface area contributed by atoms with E-state index in [-0.39, 0.29) is 5.78 Å². The Balaban J connectivity index is 2.55. The smallest absolute Gasteiger partial charge is 0.187 e. The van der Waals surface area contributed by atoms with Crippen LogP contribution in [0.4, 0.5) is 0 Å². The van der Waals surface area contributed by atoms with Crippen LogP contribution in [0.15, 0.2) is 36.7 Å². The summed E-state index contributed by atoms with van der Waals surface area (Å²) in [6.45, 7) is 0.770. The summed E-state index contributed by atoms with van der Waals surface area (Å²) < 4.78 is 0. The molecule has 0 spiro atoms. The van der Waals surface area contributed by atoms with Gasteiger partial charge in [-0.05, 0) is 32.3 Å². The quantitative estimate of drug-likeness (QED) is 0.531. The number of ketones is 1. The number of likely N-dealkylation sites (N-methyl/N-ethyl adjacent to an activating group) is 1. The molecule has 0 saturated heterocycles. The molecule has 0 N–H and O–H groups in total. The molecule has 0 fully saturated rings. The number of nitrogens with zero attached hydrogens (tertiary/aromatic N) is 2. The lowest BCUT2D eigenvalue weighted by Gasteiger charge is -2.03. The summed E-state index contributed by atoms with van der Waals surface area (Å²) in [5.41, 5.74) is 0.627. The van der Waals surface area contributed by atoms with Crippen LogP contribution in [-0.2, 0) is 0 Å². The van der Waals surface area contributed by atoms with Gasteiger partial charge in [-0.1, -0.05) is 6.08 Å². The number of allylic oxidation sites excluding steroid dienone is 1. The fourth-order valence-electron chi connectivity index (χ4n) is 0.975. The van der Waals surface area contributed by atoms with Crippen molar-refractivity contribution in [1.29, 1.82) is 0 Å². The second-order valence-electron chi connectivity index (χ2n) is 3.27. The molecule has 0 aliphatic heterocycles. The van der Waals surface area contributed by atoms with Gasteiger partial charge in [-0.3, -0.25) is 9.78 Å². The Labute approximate surface area is 84.1 Å². The van der Waals surface area contributed by atoms with E-state index >= 15 is 0 Å². The van der Waals surface area contributed by atoms with Crippen LogP contribution in [0.3, 0.4) is 0 Å². The number of hydrogen-bond donors (Lipinski definition) is 0. The van der Waals surface area contributed by atoms with Crippen LogP contribution in [0.5, 0.6) is 0 Å². The van der Waals surface area contributed by atoms with Crippen molar-refractivity contribution in [3.63, 3.8) is 0 Å². The molecule has 0 unspecified atom stereocenters. The molecule has 1 aromatic heterocycles. The third-order valence-electron chi connectivity index (χ3n) is 1.69. The van der Waals surface area contributed by atoms with E-state index in [1.807, 2.05) is 25.1 Å². The van der Waals surface area contributed by atoms with Crippen molar-refractivity contribution in [2.45, 2.75) is 0 Å². The lowest BCUT2D eigenvalue weighted by Crippen LogP contribution is -2.10. The minimum absolute atomic E-state index is 0.0000463. The van der Waals surface area contributed by atoms with Gasteiger partial charge in [0.15, 0.2) is 5.78 Å². The molecule has 14 heavy (non-hydrogen) atoms. The summed E-state index contributed by atoms with van der Waals surface area (Å²) in [4.78, 5) is 17.4. The normalized spacial score (nSPS) is 11.1. The van der Waals surface area contributed by atoms with Crippen molar-refractivity contribution in [3.05, 3.63) is 42.2 Å². The largest absolute Gasteiger partial charge is 0.306 e. The average Bonchev–Trinajstić information content (AvgIpc) is 2.18. The molecule has 1 aromatic rings. The third kappa shape index (κ3) is 3.49. The maximum absolute atomic E-state index is 11.5. The van der Waals surface area contributed by atoms with E-state index in [4.69, 9.17) is 0 Å². The standard InChI is InChI=1S/C11H14N2O/c1-13(2)8-4-6-11(14)10-5-3-7-12-9-10/h3-7,9H,8H2,1-2H3/b6-4+. The Morgan fingerprint density at radius 3 is 2.93 bits per heavy atom. The zero-order chi connectivity index (χ0) is 10.4. The Bertz CT molecular complexity index is 317. The first-order chi connectivity index (χ1) is 6.70. The van der Waals surface area contributed by atoms with Crippen molar-refractivity contribution in [2.75, 3.05) is 20.6 Å². The van der Waals surface area contributed by atoms with Crippen molar-refractivity contribution < 1.29 is 4.79 Å². The first-order valence-electron chi connectivity index (χ1n) is 4.46. The first kappa shape index (κ1) is 10.6. The van der Waals surface area contributed by atoms with Gasteiger partial charge < -0.3 is 4.90 Å². The second kappa shape index (κ2) is 5.29. The van der Waals surface area contributed by atoms with E-state index in [9.17, 15) is 4.79 Å². The van der Waals surface area contributed by atoms with Gasteiger partial charge >= 0.3 is 0 Å². The van der Waals surface area contributed by atoms with E-state index in [0.29, 0.717) is 5.56 Å². The third-order valence-corrected chi connectivity index (χ3v) is 1.69. The highest BCUT2D eigenvalue weighted by Crippen LogP contribution is 1.98. The zero-order valence-corrected chi connectivity index (χ0v) is 8.47. The maximum Gasteiger partial charge on any atom is 0.187 e. The van der Waals surface area contributed by atoms with Crippen LogP contribution >= 0.6 is 0 Å². The number of hydrogen-bond acceptors (Lipinski definition) is 3. The van der Waals surface area contributed by atoms with Crippen LogP contribution in [0, 0.1) is 0 Å². The number of carbonyl (C=O) groups excluding carboxylic acids is 1. The van der Waals surface area contributed by atoms with E-state index in [0.717, 1.165) is 6.54 Å². The molecule has 0 saturated carbocycles. The monoisotopic (exact) mass is 190 g/mol. The fraction of sp³-hybridized carbons (Fsp3) is 0.273. The number of aromatic nitrogens is 1.